The Kier molecular flexibility index (Phi) is 9.28. The molecule has 7 heteroatoms. The molecule has 23 heavy (non-hydrogen) atoms. The first-order valence-electron chi connectivity index (χ1n) is 8.01. The number of hydrogen-bond acceptors (Lipinski definition) is 5. The molecule has 6 nitrogen and oxygen atoms in total. The van der Waals surface area contributed by atoms with Crippen molar-refractivity contribution in [3.8, 4) is 0 Å². The summed E-state index contributed by atoms with van der Waals surface area (Å²) >= 11 is 1.76. The van der Waals surface area contributed by atoms with E-state index in [4.69, 9.17) is 0 Å². The van der Waals surface area contributed by atoms with Gasteiger partial charge in [0.15, 0.2) is 5.96 Å². The SMILES string of the molecule is CN=C(NCCCCCC(=O)OC)NCCc1nc(C)c(C)s1. The summed E-state index contributed by atoms with van der Waals surface area (Å²) in [6.07, 6.45) is 4.26. The molecule has 0 atom stereocenters. The van der Waals surface area contributed by atoms with E-state index in [1.165, 1.54) is 12.0 Å². The van der Waals surface area contributed by atoms with Gasteiger partial charge < -0.3 is 15.4 Å². The zero-order valence-corrected chi connectivity index (χ0v) is 15.4. The van der Waals surface area contributed by atoms with Gasteiger partial charge in [0.05, 0.1) is 17.8 Å². The minimum atomic E-state index is -0.136. The number of hydrogen-bond donors (Lipinski definition) is 2. The topological polar surface area (TPSA) is 75.6 Å². The fraction of sp³-hybridized carbons (Fsp3) is 0.688. The Morgan fingerprint density at radius 2 is 1.96 bits per heavy atom. The van der Waals surface area contributed by atoms with E-state index in [9.17, 15) is 4.79 Å². The highest BCUT2D eigenvalue weighted by atomic mass is 32.1. The van der Waals surface area contributed by atoms with Crippen LogP contribution in [0.1, 0.15) is 41.3 Å². The van der Waals surface area contributed by atoms with E-state index >= 15 is 0 Å². The van der Waals surface area contributed by atoms with Crippen LogP contribution in [0.5, 0.6) is 0 Å². The summed E-state index contributed by atoms with van der Waals surface area (Å²) in [5, 5.41) is 7.73. The molecule has 0 aliphatic rings. The smallest absolute Gasteiger partial charge is 0.305 e. The minimum Gasteiger partial charge on any atom is -0.469 e. The maximum absolute atomic E-state index is 11.0. The van der Waals surface area contributed by atoms with Crippen molar-refractivity contribution >= 4 is 23.3 Å². The number of rotatable bonds is 9. The number of aryl methyl sites for hydroxylation is 2. The molecule has 0 aliphatic carbocycles. The number of ether oxygens (including phenoxy) is 1. The number of guanidine groups is 1. The Bertz CT molecular complexity index is 495. The lowest BCUT2D eigenvalue weighted by Crippen LogP contribution is -2.38. The maximum atomic E-state index is 11.0. The Labute approximate surface area is 142 Å². The van der Waals surface area contributed by atoms with Crippen molar-refractivity contribution in [3.63, 3.8) is 0 Å². The predicted molar refractivity (Wildman–Crippen MR) is 95.1 cm³/mol. The van der Waals surface area contributed by atoms with Gasteiger partial charge in [0, 0.05) is 37.9 Å². The van der Waals surface area contributed by atoms with E-state index in [0.29, 0.717) is 6.42 Å². The average molecular weight is 340 g/mol. The number of nitrogens with one attached hydrogen (secondary N) is 2. The third-order valence-corrected chi connectivity index (χ3v) is 4.64. The molecule has 1 heterocycles. The number of nitrogens with zero attached hydrogens (tertiary/aromatic N) is 2. The number of carbonyl (C=O) groups is 1. The van der Waals surface area contributed by atoms with Gasteiger partial charge >= 0.3 is 5.97 Å². The van der Waals surface area contributed by atoms with Gasteiger partial charge in [-0.3, -0.25) is 9.79 Å². The molecule has 0 radical (unpaired) electrons. The zero-order chi connectivity index (χ0) is 17.1. The number of carbonyl (C=O) groups excluding carboxylic acids is 1. The number of thiazole rings is 1. The van der Waals surface area contributed by atoms with Crippen LogP contribution in [0.3, 0.4) is 0 Å². The molecule has 2 N–H and O–H groups in total. The molecule has 0 aliphatic heterocycles. The Morgan fingerprint density at radius 3 is 2.57 bits per heavy atom. The number of unbranched alkanes of at least 4 members (excludes halogenated alkanes) is 2. The van der Waals surface area contributed by atoms with Crippen molar-refractivity contribution in [2.75, 3.05) is 27.2 Å². The monoisotopic (exact) mass is 340 g/mol. The molecule has 0 saturated heterocycles. The van der Waals surface area contributed by atoms with E-state index < -0.39 is 0 Å². The van der Waals surface area contributed by atoms with Crippen LogP contribution in [-0.2, 0) is 16.0 Å². The van der Waals surface area contributed by atoms with Crippen molar-refractivity contribution in [2.45, 2.75) is 46.0 Å². The molecule has 1 aromatic rings. The fourth-order valence-electron chi connectivity index (χ4n) is 2.03. The summed E-state index contributed by atoms with van der Waals surface area (Å²) < 4.78 is 4.61. The first-order valence-corrected chi connectivity index (χ1v) is 8.82. The van der Waals surface area contributed by atoms with Crippen LogP contribution in [0.25, 0.3) is 0 Å². The first kappa shape index (κ1) is 19.4. The van der Waals surface area contributed by atoms with Crippen LogP contribution < -0.4 is 10.6 Å². The third kappa shape index (κ3) is 7.97. The molecule has 1 rings (SSSR count). The van der Waals surface area contributed by atoms with E-state index in [2.05, 4.69) is 32.3 Å². The summed E-state index contributed by atoms with van der Waals surface area (Å²) in [6.45, 7) is 5.80. The number of aliphatic imine (C=N–C) groups is 1. The molecule has 0 unspecified atom stereocenters. The molecular weight excluding hydrogens is 312 g/mol. The van der Waals surface area contributed by atoms with Crippen LogP contribution in [0, 0.1) is 13.8 Å². The molecule has 0 bridgehead atoms. The number of methoxy groups -OCH3 is 1. The highest BCUT2D eigenvalue weighted by Gasteiger charge is 2.04. The summed E-state index contributed by atoms with van der Waals surface area (Å²) in [4.78, 5) is 21.0. The molecule has 0 fully saturated rings. The summed E-state index contributed by atoms with van der Waals surface area (Å²) in [6, 6.07) is 0. The number of aromatic nitrogens is 1. The molecule has 1 aromatic heterocycles. The largest absolute Gasteiger partial charge is 0.469 e. The second kappa shape index (κ2) is 11.0. The summed E-state index contributed by atoms with van der Waals surface area (Å²) in [5.41, 5.74) is 1.12. The van der Waals surface area contributed by atoms with E-state index in [-0.39, 0.29) is 5.97 Å². The average Bonchev–Trinajstić information content (AvgIpc) is 2.86. The van der Waals surface area contributed by atoms with Crippen molar-refractivity contribution in [2.24, 2.45) is 4.99 Å². The normalized spacial score (nSPS) is 11.4. The van der Waals surface area contributed by atoms with Crippen LogP contribution in [-0.4, -0.2) is 44.2 Å². The van der Waals surface area contributed by atoms with Gasteiger partial charge in [-0.05, 0) is 26.7 Å². The molecule has 0 aromatic carbocycles. The fourth-order valence-corrected chi connectivity index (χ4v) is 2.97. The Morgan fingerprint density at radius 1 is 1.22 bits per heavy atom. The molecular formula is C16H28N4O2S. The van der Waals surface area contributed by atoms with Crippen molar-refractivity contribution < 1.29 is 9.53 Å². The second-order valence-electron chi connectivity index (χ2n) is 5.31. The van der Waals surface area contributed by atoms with Crippen LogP contribution >= 0.6 is 11.3 Å². The summed E-state index contributed by atoms with van der Waals surface area (Å²) in [7, 11) is 3.19. The van der Waals surface area contributed by atoms with Gasteiger partial charge in [0.1, 0.15) is 0 Å². The minimum absolute atomic E-state index is 0.136. The van der Waals surface area contributed by atoms with E-state index in [1.807, 2.05) is 6.92 Å². The maximum Gasteiger partial charge on any atom is 0.305 e. The van der Waals surface area contributed by atoms with E-state index in [0.717, 1.165) is 55.4 Å². The van der Waals surface area contributed by atoms with E-state index in [1.54, 1.807) is 18.4 Å². The van der Waals surface area contributed by atoms with Gasteiger partial charge in [-0.1, -0.05) is 6.42 Å². The summed E-state index contributed by atoms with van der Waals surface area (Å²) in [5.74, 6) is 0.672. The van der Waals surface area contributed by atoms with Crippen molar-refractivity contribution in [1.29, 1.82) is 0 Å². The standard InChI is InChI=1S/C16H28N4O2S/c1-12-13(2)23-14(20-12)9-11-19-16(17-3)18-10-7-5-6-8-15(21)22-4/h5-11H2,1-4H3,(H2,17,18,19). The lowest BCUT2D eigenvalue weighted by molar-refractivity contribution is -0.140. The van der Waals surface area contributed by atoms with Gasteiger partial charge in [-0.25, -0.2) is 4.98 Å². The third-order valence-electron chi connectivity index (χ3n) is 3.51. The van der Waals surface area contributed by atoms with Gasteiger partial charge in [0.25, 0.3) is 0 Å². The molecule has 130 valence electrons. The van der Waals surface area contributed by atoms with Crippen LogP contribution in [0.15, 0.2) is 4.99 Å². The van der Waals surface area contributed by atoms with Crippen molar-refractivity contribution in [1.82, 2.24) is 15.6 Å². The van der Waals surface area contributed by atoms with Crippen LogP contribution in [0.2, 0.25) is 0 Å². The first-order chi connectivity index (χ1) is 11.1. The lowest BCUT2D eigenvalue weighted by Gasteiger charge is -2.11. The van der Waals surface area contributed by atoms with Crippen molar-refractivity contribution in [3.05, 3.63) is 15.6 Å². The molecule has 0 amide bonds. The Balaban J connectivity index is 2.11. The van der Waals surface area contributed by atoms with Crippen LogP contribution in [0.4, 0.5) is 0 Å². The lowest BCUT2D eigenvalue weighted by atomic mass is 10.2. The van der Waals surface area contributed by atoms with Gasteiger partial charge in [-0.2, -0.15) is 0 Å². The molecule has 0 saturated carbocycles. The predicted octanol–water partition coefficient (Wildman–Crippen LogP) is 2.20. The second-order valence-corrected chi connectivity index (χ2v) is 6.60. The highest BCUT2D eigenvalue weighted by Crippen LogP contribution is 2.16. The molecule has 0 spiro atoms. The van der Waals surface area contributed by atoms with Gasteiger partial charge in [0.2, 0.25) is 0 Å². The Hall–Kier alpha value is -1.63. The zero-order valence-electron chi connectivity index (χ0n) is 14.6. The number of esters is 1. The quantitative estimate of drug-likeness (QED) is 0.312. The van der Waals surface area contributed by atoms with Gasteiger partial charge in [-0.15, -0.1) is 11.3 Å². The highest BCUT2D eigenvalue weighted by molar-refractivity contribution is 7.11.